The van der Waals surface area contributed by atoms with Crippen LogP contribution in [0.15, 0.2) is 97.1 Å². The molecule has 1 N–H and O–H groups in total. The van der Waals surface area contributed by atoms with Crippen molar-refractivity contribution in [2.24, 2.45) is 0 Å². The van der Waals surface area contributed by atoms with Crippen molar-refractivity contribution in [2.45, 2.75) is 33.3 Å². The lowest BCUT2D eigenvalue weighted by molar-refractivity contribution is 0.102. The molecular weight excluding hydrogens is 450 g/mol. The van der Waals surface area contributed by atoms with Crippen molar-refractivity contribution < 1.29 is 19.0 Å². The van der Waals surface area contributed by atoms with Crippen molar-refractivity contribution in [2.75, 3.05) is 11.9 Å². The zero-order valence-electron chi connectivity index (χ0n) is 20.9. The Morgan fingerprint density at radius 2 is 1.47 bits per heavy atom. The van der Waals surface area contributed by atoms with Gasteiger partial charge in [0, 0.05) is 11.1 Å². The number of anilines is 1. The topological polar surface area (TPSA) is 56.8 Å². The van der Waals surface area contributed by atoms with Gasteiger partial charge in [-0.25, -0.2) is 0 Å². The Balaban J connectivity index is 1.54. The average molecular weight is 482 g/mol. The van der Waals surface area contributed by atoms with Crippen molar-refractivity contribution in [3.63, 3.8) is 0 Å². The van der Waals surface area contributed by atoms with E-state index >= 15 is 0 Å². The summed E-state index contributed by atoms with van der Waals surface area (Å²) in [6.45, 7) is 7.01. The summed E-state index contributed by atoms with van der Waals surface area (Å²) in [5, 5.41) is 2.98. The molecule has 0 aliphatic heterocycles. The first kappa shape index (κ1) is 24.9. The highest BCUT2D eigenvalue weighted by Gasteiger charge is 2.15. The van der Waals surface area contributed by atoms with Gasteiger partial charge in [-0.05, 0) is 66.9 Å². The second-order valence-electron chi connectivity index (χ2n) is 8.60. The summed E-state index contributed by atoms with van der Waals surface area (Å²) < 4.78 is 18.0. The highest BCUT2D eigenvalue weighted by Crippen LogP contribution is 2.31. The van der Waals surface area contributed by atoms with E-state index < -0.39 is 0 Å². The smallest absolute Gasteiger partial charge is 0.255 e. The number of nitrogens with one attached hydrogen (secondary N) is 1. The van der Waals surface area contributed by atoms with E-state index in [9.17, 15) is 4.79 Å². The molecule has 36 heavy (non-hydrogen) atoms. The predicted molar refractivity (Wildman–Crippen MR) is 143 cm³/mol. The van der Waals surface area contributed by atoms with Crippen LogP contribution in [-0.2, 0) is 6.61 Å². The van der Waals surface area contributed by atoms with E-state index in [4.69, 9.17) is 14.2 Å². The fourth-order valence-electron chi connectivity index (χ4n) is 3.84. The minimum absolute atomic E-state index is 0.244. The third-order valence-electron chi connectivity index (χ3n) is 5.65. The molecule has 0 aromatic heterocycles. The van der Waals surface area contributed by atoms with Crippen LogP contribution in [0, 0.1) is 0 Å². The van der Waals surface area contributed by atoms with Gasteiger partial charge in [-0.15, -0.1) is 0 Å². The van der Waals surface area contributed by atoms with Crippen LogP contribution in [0.25, 0.3) is 0 Å². The SMILES string of the molecule is CCOc1ccc(C(=O)Nc2ccccc2Oc2ccccc2)cc1COc1ccccc1C(C)C. The fraction of sp³-hybridized carbons (Fsp3) is 0.194. The van der Waals surface area contributed by atoms with Crippen molar-refractivity contribution >= 4 is 11.6 Å². The minimum atomic E-state index is -0.244. The van der Waals surface area contributed by atoms with Gasteiger partial charge in [0.1, 0.15) is 23.9 Å². The zero-order valence-corrected chi connectivity index (χ0v) is 20.9. The molecule has 0 radical (unpaired) electrons. The number of amides is 1. The van der Waals surface area contributed by atoms with Crippen molar-refractivity contribution in [1.29, 1.82) is 0 Å². The van der Waals surface area contributed by atoms with Crippen molar-refractivity contribution in [1.82, 2.24) is 0 Å². The number of rotatable bonds is 10. The summed E-state index contributed by atoms with van der Waals surface area (Å²) in [7, 11) is 0. The monoisotopic (exact) mass is 481 g/mol. The predicted octanol–water partition coefficient (Wildman–Crippen LogP) is 7.83. The maximum Gasteiger partial charge on any atom is 0.255 e. The lowest BCUT2D eigenvalue weighted by Gasteiger charge is -2.17. The standard InChI is InChI=1S/C31H31NO4/c1-4-34-28-19-18-23(20-24(28)21-35-29-16-10-8-14-26(29)22(2)3)31(33)32-27-15-9-11-17-30(27)36-25-12-6-5-7-13-25/h5-20,22H,4,21H2,1-3H3,(H,32,33). The van der Waals surface area contributed by atoms with Gasteiger partial charge in [0.15, 0.2) is 5.75 Å². The van der Waals surface area contributed by atoms with Gasteiger partial charge < -0.3 is 19.5 Å². The Kier molecular flexibility index (Phi) is 8.24. The third-order valence-corrected chi connectivity index (χ3v) is 5.65. The maximum absolute atomic E-state index is 13.2. The molecule has 0 saturated carbocycles. The zero-order chi connectivity index (χ0) is 25.3. The summed E-state index contributed by atoms with van der Waals surface area (Å²) >= 11 is 0. The molecule has 0 heterocycles. The quantitative estimate of drug-likeness (QED) is 0.251. The van der Waals surface area contributed by atoms with Gasteiger partial charge in [0.05, 0.1) is 12.3 Å². The summed E-state index contributed by atoms with van der Waals surface area (Å²) in [6.07, 6.45) is 0. The normalized spacial score (nSPS) is 10.7. The van der Waals surface area contributed by atoms with Gasteiger partial charge in [-0.1, -0.05) is 62.4 Å². The highest BCUT2D eigenvalue weighted by atomic mass is 16.5. The first-order valence-corrected chi connectivity index (χ1v) is 12.2. The Morgan fingerprint density at radius 3 is 2.22 bits per heavy atom. The number of benzene rings is 4. The van der Waals surface area contributed by atoms with E-state index in [-0.39, 0.29) is 12.5 Å². The number of para-hydroxylation sites is 4. The second kappa shape index (κ2) is 11.9. The summed E-state index contributed by atoms with van der Waals surface area (Å²) in [5.41, 5.74) is 3.03. The molecule has 0 spiro atoms. The molecule has 0 fully saturated rings. The Bertz CT molecular complexity index is 1300. The van der Waals surface area contributed by atoms with E-state index in [0.29, 0.717) is 41.0 Å². The van der Waals surface area contributed by atoms with Gasteiger partial charge in [0.25, 0.3) is 5.91 Å². The van der Waals surface area contributed by atoms with Gasteiger partial charge >= 0.3 is 0 Å². The molecule has 184 valence electrons. The molecule has 0 aliphatic carbocycles. The Labute approximate surface area is 212 Å². The number of hydrogen-bond donors (Lipinski definition) is 1. The molecule has 4 rings (SSSR count). The molecule has 0 bridgehead atoms. The van der Waals surface area contributed by atoms with Gasteiger partial charge in [0.2, 0.25) is 0 Å². The number of carbonyl (C=O) groups is 1. The lowest BCUT2D eigenvalue weighted by atomic mass is 10.0. The molecule has 0 atom stereocenters. The molecule has 4 aromatic rings. The van der Waals surface area contributed by atoms with E-state index in [1.165, 1.54) is 0 Å². The molecule has 4 aromatic carbocycles. The third kappa shape index (κ3) is 6.25. The second-order valence-corrected chi connectivity index (χ2v) is 8.60. The number of ether oxygens (including phenoxy) is 3. The van der Waals surface area contributed by atoms with Crippen LogP contribution in [0.2, 0.25) is 0 Å². The van der Waals surface area contributed by atoms with Crippen LogP contribution >= 0.6 is 0 Å². The first-order chi connectivity index (χ1) is 17.5. The van der Waals surface area contributed by atoms with Crippen molar-refractivity contribution in [3.05, 3.63) is 114 Å². The number of hydrogen-bond acceptors (Lipinski definition) is 4. The summed E-state index contributed by atoms with van der Waals surface area (Å²) in [4.78, 5) is 13.2. The summed E-state index contributed by atoms with van der Waals surface area (Å²) in [5.74, 6) is 2.88. The van der Waals surface area contributed by atoms with Crippen LogP contribution in [0.5, 0.6) is 23.0 Å². The number of carbonyl (C=O) groups excluding carboxylic acids is 1. The molecule has 0 unspecified atom stereocenters. The first-order valence-electron chi connectivity index (χ1n) is 12.2. The van der Waals surface area contributed by atoms with Crippen LogP contribution in [0.4, 0.5) is 5.69 Å². The summed E-state index contributed by atoms with van der Waals surface area (Å²) in [6, 6.07) is 30.2. The Morgan fingerprint density at radius 1 is 0.778 bits per heavy atom. The van der Waals surface area contributed by atoms with Gasteiger partial charge in [-0.3, -0.25) is 4.79 Å². The maximum atomic E-state index is 13.2. The van der Waals surface area contributed by atoms with Crippen LogP contribution in [0.1, 0.15) is 48.2 Å². The Hall–Kier alpha value is -4.25. The minimum Gasteiger partial charge on any atom is -0.493 e. The molecule has 0 saturated heterocycles. The molecule has 5 heteroatoms. The average Bonchev–Trinajstić information content (AvgIpc) is 2.90. The molecular formula is C31H31NO4. The van der Waals surface area contributed by atoms with E-state index in [1.54, 1.807) is 6.07 Å². The van der Waals surface area contributed by atoms with Crippen LogP contribution < -0.4 is 19.5 Å². The van der Waals surface area contributed by atoms with Crippen LogP contribution in [-0.4, -0.2) is 12.5 Å². The van der Waals surface area contributed by atoms with E-state index in [2.05, 4.69) is 25.2 Å². The van der Waals surface area contributed by atoms with E-state index in [1.807, 2.05) is 91.9 Å². The van der Waals surface area contributed by atoms with Gasteiger partial charge in [-0.2, -0.15) is 0 Å². The molecule has 0 aliphatic rings. The molecule has 5 nitrogen and oxygen atoms in total. The fourth-order valence-corrected chi connectivity index (χ4v) is 3.84. The van der Waals surface area contributed by atoms with Crippen LogP contribution in [0.3, 0.4) is 0 Å². The largest absolute Gasteiger partial charge is 0.493 e. The lowest BCUT2D eigenvalue weighted by Crippen LogP contribution is -2.13. The van der Waals surface area contributed by atoms with E-state index in [0.717, 1.165) is 16.9 Å². The molecule has 1 amide bonds. The highest BCUT2D eigenvalue weighted by molar-refractivity contribution is 6.05. The van der Waals surface area contributed by atoms with Crippen molar-refractivity contribution in [3.8, 4) is 23.0 Å².